The average molecular weight is 448 g/mol. The molecule has 3 aromatic carbocycles. The molecule has 7 nitrogen and oxygen atoms in total. The molecule has 0 atom stereocenters. The van der Waals surface area contributed by atoms with Gasteiger partial charge in [-0.3, -0.25) is 9.59 Å². The predicted octanol–water partition coefficient (Wildman–Crippen LogP) is 4.79. The molecular formula is C26H29N3O4. The minimum absolute atomic E-state index is 0.0501. The highest BCUT2D eigenvalue weighted by molar-refractivity contribution is 5.95. The van der Waals surface area contributed by atoms with Gasteiger partial charge in [0.2, 0.25) is 11.8 Å². The van der Waals surface area contributed by atoms with Gasteiger partial charge in [-0.25, -0.2) is 0 Å². The highest BCUT2D eigenvalue weighted by Crippen LogP contribution is 2.18. The van der Waals surface area contributed by atoms with Crippen LogP contribution in [0, 0.1) is 5.92 Å². The molecule has 0 fully saturated rings. The Bertz CT molecular complexity index is 1040. The fraction of sp³-hybridized carbons (Fsp3) is 0.231. The van der Waals surface area contributed by atoms with E-state index in [1.165, 1.54) is 0 Å². The SMILES string of the molecule is CC(C)C(=O)Nc1ccc(NC(=O)CNc2cccc(OCCOc3ccccc3)c2)cc1. The summed E-state index contributed by atoms with van der Waals surface area (Å²) in [6.07, 6.45) is 0. The number of nitrogens with one attached hydrogen (secondary N) is 3. The Morgan fingerprint density at radius 3 is 2.00 bits per heavy atom. The molecular weight excluding hydrogens is 418 g/mol. The molecule has 0 heterocycles. The number of hydrogen-bond donors (Lipinski definition) is 3. The molecule has 7 heteroatoms. The Balaban J connectivity index is 1.40. The van der Waals surface area contributed by atoms with Crippen LogP contribution in [-0.4, -0.2) is 31.6 Å². The van der Waals surface area contributed by atoms with Gasteiger partial charge < -0.3 is 25.4 Å². The van der Waals surface area contributed by atoms with E-state index >= 15 is 0 Å². The third kappa shape index (κ3) is 8.22. The highest BCUT2D eigenvalue weighted by Gasteiger charge is 2.08. The summed E-state index contributed by atoms with van der Waals surface area (Å²) in [6, 6.07) is 24.0. The first-order valence-corrected chi connectivity index (χ1v) is 10.8. The van der Waals surface area contributed by atoms with E-state index in [2.05, 4.69) is 16.0 Å². The van der Waals surface area contributed by atoms with Crippen molar-refractivity contribution in [2.45, 2.75) is 13.8 Å². The van der Waals surface area contributed by atoms with Gasteiger partial charge in [0.15, 0.2) is 0 Å². The molecule has 0 aromatic heterocycles. The zero-order valence-electron chi connectivity index (χ0n) is 18.8. The molecule has 33 heavy (non-hydrogen) atoms. The number of benzene rings is 3. The van der Waals surface area contributed by atoms with Crippen LogP contribution < -0.4 is 25.4 Å². The molecule has 3 rings (SSSR count). The number of carbonyl (C=O) groups excluding carboxylic acids is 2. The summed E-state index contributed by atoms with van der Waals surface area (Å²) in [6.45, 7) is 4.61. The summed E-state index contributed by atoms with van der Waals surface area (Å²) < 4.78 is 11.3. The number of ether oxygens (including phenoxy) is 2. The number of carbonyl (C=O) groups is 2. The molecule has 0 unspecified atom stereocenters. The smallest absolute Gasteiger partial charge is 0.243 e. The normalized spacial score (nSPS) is 10.4. The Morgan fingerprint density at radius 2 is 1.33 bits per heavy atom. The van der Waals surface area contributed by atoms with E-state index in [-0.39, 0.29) is 24.3 Å². The third-order valence-corrected chi connectivity index (χ3v) is 4.61. The number of rotatable bonds is 11. The van der Waals surface area contributed by atoms with Crippen molar-refractivity contribution in [2.75, 3.05) is 35.7 Å². The zero-order valence-corrected chi connectivity index (χ0v) is 18.8. The van der Waals surface area contributed by atoms with Gasteiger partial charge in [-0.2, -0.15) is 0 Å². The molecule has 0 aliphatic heterocycles. The second-order valence-corrected chi connectivity index (χ2v) is 7.66. The minimum Gasteiger partial charge on any atom is -0.490 e. The Kier molecular flexibility index (Phi) is 8.71. The molecule has 2 amide bonds. The van der Waals surface area contributed by atoms with E-state index in [0.29, 0.717) is 30.3 Å². The van der Waals surface area contributed by atoms with Gasteiger partial charge in [-0.15, -0.1) is 0 Å². The number of hydrogen-bond acceptors (Lipinski definition) is 5. The van der Waals surface area contributed by atoms with Crippen molar-refractivity contribution in [1.82, 2.24) is 0 Å². The highest BCUT2D eigenvalue weighted by atomic mass is 16.5. The van der Waals surface area contributed by atoms with Crippen molar-refractivity contribution in [3.05, 3.63) is 78.9 Å². The molecule has 0 bridgehead atoms. The van der Waals surface area contributed by atoms with Crippen LogP contribution >= 0.6 is 0 Å². The third-order valence-electron chi connectivity index (χ3n) is 4.61. The molecule has 0 saturated carbocycles. The summed E-state index contributed by atoms with van der Waals surface area (Å²) in [4.78, 5) is 24.0. The van der Waals surface area contributed by atoms with E-state index < -0.39 is 0 Å². The standard InChI is InChI=1S/C26H29N3O4/c1-19(2)26(31)29-21-13-11-20(12-14-21)28-25(30)18-27-22-7-6-10-24(17-22)33-16-15-32-23-8-4-3-5-9-23/h3-14,17,19,27H,15-16,18H2,1-2H3,(H,28,30)(H,29,31). The number of para-hydroxylation sites is 1. The van der Waals surface area contributed by atoms with E-state index in [0.717, 1.165) is 11.4 Å². The van der Waals surface area contributed by atoms with Crippen molar-refractivity contribution >= 4 is 28.9 Å². The number of anilines is 3. The van der Waals surface area contributed by atoms with Crippen LogP contribution in [0.1, 0.15) is 13.8 Å². The first-order valence-electron chi connectivity index (χ1n) is 10.8. The Labute approximate surface area is 194 Å². The number of amides is 2. The fourth-order valence-electron chi connectivity index (χ4n) is 2.84. The maximum atomic E-state index is 12.3. The molecule has 172 valence electrons. The summed E-state index contributed by atoms with van der Waals surface area (Å²) >= 11 is 0. The van der Waals surface area contributed by atoms with Crippen molar-refractivity contribution in [3.8, 4) is 11.5 Å². The lowest BCUT2D eigenvalue weighted by Crippen LogP contribution is -2.22. The average Bonchev–Trinajstić information content (AvgIpc) is 2.83. The topological polar surface area (TPSA) is 88.7 Å². The van der Waals surface area contributed by atoms with Crippen molar-refractivity contribution in [1.29, 1.82) is 0 Å². The minimum atomic E-state index is -0.184. The fourth-order valence-corrected chi connectivity index (χ4v) is 2.84. The second-order valence-electron chi connectivity index (χ2n) is 7.66. The molecule has 0 spiro atoms. The van der Waals surface area contributed by atoms with Crippen LogP contribution in [0.15, 0.2) is 78.9 Å². The summed E-state index contributed by atoms with van der Waals surface area (Å²) in [7, 11) is 0. The summed E-state index contributed by atoms with van der Waals surface area (Å²) in [5, 5.41) is 8.73. The van der Waals surface area contributed by atoms with E-state index in [1.807, 2.05) is 68.4 Å². The summed E-state index contributed by atoms with van der Waals surface area (Å²) in [5.74, 6) is 1.16. The van der Waals surface area contributed by atoms with E-state index in [1.54, 1.807) is 24.3 Å². The Hall–Kier alpha value is -4.00. The Morgan fingerprint density at radius 1 is 0.727 bits per heavy atom. The van der Waals surface area contributed by atoms with Crippen LogP contribution in [-0.2, 0) is 9.59 Å². The van der Waals surface area contributed by atoms with Gasteiger partial charge in [-0.1, -0.05) is 38.1 Å². The first-order chi connectivity index (χ1) is 16.0. The molecule has 3 aromatic rings. The van der Waals surface area contributed by atoms with Gasteiger partial charge in [-0.05, 0) is 48.5 Å². The van der Waals surface area contributed by atoms with Crippen LogP contribution in [0.2, 0.25) is 0 Å². The van der Waals surface area contributed by atoms with Crippen LogP contribution in [0.3, 0.4) is 0 Å². The monoisotopic (exact) mass is 447 g/mol. The van der Waals surface area contributed by atoms with Gasteiger partial charge >= 0.3 is 0 Å². The van der Waals surface area contributed by atoms with E-state index in [9.17, 15) is 9.59 Å². The maximum absolute atomic E-state index is 12.3. The van der Waals surface area contributed by atoms with Crippen LogP contribution in [0.5, 0.6) is 11.5 Å². The zero-order chi connectivity index (χ0) is 23.5. The van der Waals surface area contributed by atoms with Crippen LogP contribution in [0.4, 0.5) is 17.1 Å². The van der Waals surface area contributed by atoms with Gasteiger partial charge in [0, 0.05) is 29.0 Å². The molecule has 3 N–H and O–H groups in total. The van der Waals surface area contributed by atoms with E-state index in [4.69, 9.17) is 9.47 Å². The quantitative estimate of drug-likeness (QED) is 0.368. The van der Waals surface area contributed by atoms with Crippen molar-refractivity contribution in [3.63, 3.8) is 0 Å². The lowest BCUT2D eigenvalue weighted by atomic mass is 10.2. The largest absolute Gasteiger partial charge is 0.490 e. The van der Waals surface area contributed by atoms with Crippen molar-refractivity contribution in [2.24, 2.45) is 5.92 Å². The maximum Gasteiger partial charge on any atom is 0.243 e. The van der Waals surface area contributed by atoms with Gasteiger partial charge in [0.1, 0.15) is 24.7 Å². The lowest BCUT2D eigenvalue weighted by Gasteiger charge is -2.11. The lowest BCUT2D eigenvalue weighted by molar-refractivity contribution is -0.119. The molecule has 0 radical (unpaired) electrons. The van der Waals surface area contributed by atoms with Crippen molar-refractivity contribution < 1.29 is 19.1 Å². The van der Waals surface area contributed by atoms with Gasteiger partial charge in [0.05, 0.1) is 6.54 Å². The first kappa shape index (κ1) is 23.7. The van der Waals surface area contributed by atoms with Crippen LogP contribution in [0.25, 0.3) is 0 Å². The van der Waals surface area contributed by atoms with Gasteiger partial charge in [0.25, 0.3) is 0 Å². The second kappa shape index (κ2) is 12.1. The molecule has 0 saturated heterocycles. The molecule has 0 aliphatic rings. The molecule has 0 aliphatic carbocycles. The predicted molar refractivity (Wildman–Crippen MR) is 131 cm³/mol. The summed E-state index contributed by atoms with van der Waals surface area (Å²) in [5.41, 5.74) is 2.12.